The number of urea groups is 1. The Morgan fingerprint density at radius 3 is 2.39 bits per heavy atom. The molecule has 1 atom stereocenters. The zero-order chi connectivity index (χ0) is 13.6. The van der Waals surface area contributed by atoms with Crippen molar-refractivity contribution in [1.82, 2.24) is 10.6 Å². The normalized spacial score (nSPS) is 17.9. The average molecular weight is 256 g/mol. The quantitative estimate of drug-likeness (QED) is 0.621. The molecule has 1 unspecified atom stereocenters. The molecule has 0 aromatic carbocycles. The second-order valence-corrected chi connectivity index (χ2v) is 5.29. The first-order chi connectivity index (χ1) is 8.51. The van der Waals surface area contributed by atoms with E-state index in [0.29, 0.717) is 12.0 Å². The summed E-state index contributed by atoms with van der Waals surface area (Å²) in [6, 6.07) is -0.182. The average Bonchev–Trinajstić information content (AvgIpc) is 3.12. The molecule has 0 heterocycles. The van der Waals surface area contributed by atoms with Crippen molar-refractivity contribution in [3.05, 3.63) is 0 Å². The highest BCUT2D eigenvalue weighted by molar-refractivity contribution is 5.74. The number of aliphatic carboxylic acids is 1. The molecule has 1 aliphatic carbocycles. The highest BCUT2D eigenvalue weighted by Crippen LogP contribution is 2.47. The Morgan fingerprint density at radius 1 is 1.28 bits per heavy atom. The van der Waals surface area contributed by atoms with E-state index >= 15 is 0 Å². The number of amides is 2. The predicted molar refractivity (Wildman–Crippen MR) is 69.4 cm³/mol. The highest BCUT2D eigenvalue weighted by Gasteiger charge is 2.40. The Balaban J connectivity index is 2.17. The molecule has 5 heteroatoms. The van der Waals surface area contributed by atoms with Gasteiger partial charge in [0.1, 0.15) is 0 Å². The van der Waals surface area contributed by atoms with Crippen LogP contribution in [0.3, 0.4) is 0 Å². The van der Waals surface area contributed by atoms with E-state index in [0.717, 1.165) is 19.4 Å². The third-order valence-electron chi connectivity index (χ3n) is 3.92. The molecule has 0 aromatic heterocycles. The van der Waals surface area contributed by atoms with Crippen LogP contribution in [0.4, 0.5) is 4.79 Å². The fourth-order valence-corrected chi connectivity index (χ4v) is 2.01. The summed E-state index contributed by atoms with van der Waals surface area (Å²) in [7, 11) is 0. The summed E-state index contributed by atoms with van der Waals surface area (Å²) in [6.07, 6.45) is 4.35. The molecule has 5 nitrogen and oxygen atoms in total. The number of carbonyl (C=O) groups excluding carboxylic acids is 1. The smallest absolute Gasteiger partial charge is 0.314 e. The zero-order valence-electron chi connectivity index (χ0n) is 11.3. The molecule has 0 aliphatic heterocycles. The summed E-state index contributed by atoms with van der Waals surface area (Å²) in [4.78, 5) is 22.2. The van der Waals surface area contributed by atoms with Gasteiger partial charge in [-0.25, -0.2) is 4.79 Å². The van der Waals surface area contributed by atoms with Crippen LogP contribution in [-0.4, -0.2) is 30.2 Å². The lowest BCUT2D eigenvalue weighted by Gasteiger charge is -2.16. The van der Waals surface area contributed by atoms with Crippen LogP contribution in [0, 0.1) is 11.3 Å². The van der Waals surface area contributed by atoms with Gasteiger partial charge in [-0.15, -0.1) is 0 Å². The first-order valence-corrected chi connectivity index (χ1v) is 6.75. The van der Waals surface area contributed by atoms with E-state index in [-0.39, 0.29) is 18.4 Å². The Labute approximate surface area is 108 Å². The fraction of sp³-hybridized carbons (Fsp3) is 0.846. The van der Waals surface area contributed by atoms with E-state index in [9.17, 15) is 9.59 Å². The Kier molecular flexibility index (Phi) is 5.44. The van der Waals surface area contributed by atoms with Crippen molar-refractivity contribution in [2.75, 3.05) is 13.1 Å². The minimum atomic E-state index is -0.813. The van der Waals surface area contributed by atoms with Gasteiger partial charge in [0.15, 0.2) is 0 Å². The van der Waals surface area contributed by atoms with Crippen molar-refractivity contribution < 1.29 is 14.7 Å². The molecular weight excluding hydrogens is 232 g/mol. The number of rotatable bonds is 8. The maximum absolute atomic E-state index is 11.6. The van der Waals surface area contributed by atoms with Gasteiger partial charge in [-0.05, 0) is 30.6 Å². The molecule has 1 rings (SSSR count). The molecule has 0 spiro atoms. The van der Waals surface area contributed by atoms with E-state index in [4.69, 9.17) is 5.11 Å². The third kappa shape index (κ3) is 4.94. The fourth-order valence-electron chi connectivity index (χ4n) is 2.01. The van der Waals surface area contributed by atoms with Crippen LogP contribution >= 0.6 is 0 Å². The third-order valence-corrected chi connectivity index (χ3v) is 3.92. The van der Waals surface area contributed by atoms with Crippen molar-refractivity contribution in [2.45, 2.75) is 46.0 Å². The molecular formula is C13H24N2O3. The van der Waals surface area contributed by atoms with Crippen LogP contribution in [0.5, 0.6) is 0 Å². The molecule has 2 amide bonds. The second-order valence-electron chi connectivity index (χ2n) is 5.29. The maximum atomic E-state index is 11.6. The molecule has 18 heavy (non-hydrogen) atoms. The van der Waals surface area contributed by atoms with Crippen LogP contribution in [0.1, 0.15) is 46.0 Å². The lowest BCUT2D eigenvalue weighted by molar-refractivity contribution is -0.138. The van der Waals surface area contributed by atoms with Gasteiger partial charge < -0.3 is 15.7 Å². The van der Waals surface area contributed by atoms with Gasteiger partial charge in [0.2, 0.25) is 0 Å². The molecule has 104 valence electrons. The Bertz CT molecular complexity index is 301. The highest BCUT2D eigenvalue weighted by atomic mass is 16.4. The number of hydrogen-bond donors (Lipinski definition) is 3. The van der Waals surface area contributed by atoms with E-state index in [2.05, 4.69) is 17.6 Å². The van der Waals surface area contributed by atoms with Crippen LogP contribution in [0.25, 0.3) is 0 Å². The Morgan fingerprint density at radius 2 is 1.94 bits per heavy atom. The summed E-state index contributed by atoms with van der Waals surface area (Å²) >= 11 is 0. The van der Waals surface area contributed by atoms with Crippen LogP contribution in [0.15, 0.2) is 0 Å². The van der Waals surface area contributed by atoms with Gasteiger partial charge in [-0.1, -0.05) is 20.3 Å². The topological polar surface area (TPSA) is 78.4 Å². The van der Waals surface area contributed by atoms with E-state index in [1.807, 2.05) is 6.92 Å². The van der Waals surface area contributed by atoms with Crippen LogP contribution in [-0.2, 0) is 4.79 Å². The van der Waals surface area contributed by atoms with Crippen molar-refractivity contribution >= 4 is 12.0 Å². The first-order valence-electron chi connectivity index (χ1n) is 6.75. The molecule has 0 saturated heterocycles. The molecule has 1 fully saturated rings. The lowest BCUT2D eigenvalue weighted by atomic mass is 10.0. The van der Waals surface area contributed by atoms with Gasteiger partial charge in [0.05, 0.1) is 0 Å². The predicted octanol–water partition coefficient (Wildman–Crippen LogP) is 1.98. The van der Waals surface area contributed by atoms with Crippen molar-refractivity contribution in [1.29, 1.82) is 0 Å². The van der Waals surface area contributed by atoms with Crippen molar-refractivity contribution in [3.8, 4) is 0 Å². The molecule has 1 saturated carbocycles. The van der Waals surface area contributed by atoms with Gasteiger partial charge >= 0.3 is 12.0 Å². The number of carboxylic acids is 1. The standard InChI is InChI=1S/C13H24N2O3/c1-3-10(7-11(16)17)8-14-12(18)15-9-13(4-2)5-6-13/h10H,3-9H2,1-2H3,(H,16,17)(H2,14,15,18). The number of hydrogen-bond acceptors (Lipinski definition) is 2. The van der Waals surface area contributed by atoms with Gasteiger partial charge in [0, 0.05) is 19.5 Å². The second kappa shape index (κ2) is 6.61. The summed E-state index contributed by atoms with van der Waals surface area (Å²) in [6.45, 7) is 5.23. The molecule has 0 bridgehead atoms. The minimum Gasteiger partial charge on any atom is -0.481 e. The number of nitrogens with one attached hydrogen (secondary N) is 2. The van der Waals surface area contributed by atoms with E-state index in [1.165, 1.54) is 12.8 Å². The van der Waals surface area contributed by atoms with Crippen molar-refractivity contribution in [3.63, 3.8) is 0 Å². The summed E-state index contributed by atoms with van der Waals surface area (Å²) in [5.74, 6) is -0.804. The molecule has 3 N–H and O–H groups in total. The largest absolute Gasteiger partial charge is 0.481 e. The van der Waals surface area contributed by atoms with Crippen LogP contribution in [0.2, 0.25) is 0 Å². The monoisotopic (exact) mass is 256 g/mol. The van der Waals surface area contributed by atoms with Crippen LogP contribution < -0.4 is 10.6 Å². The molecule has 0 aromatic rings. The Hall–Kier alpha value is -1.26. The van der Waals surface area contributed by atoms with Crippen molar-refractivity contribution in [2.24, 2.45) is 11.3 Å². The minimum absolute atomic E-state index is 0.00862. The SMILES string of the molecule is CCC(CNC(=O)NCC1(CC)CC1)CC(=O)O. The molecule has 1 aliphatic rings. The van der Waals surface area contributed by atoms with Gasteiger partial charge in [-0.2, -0.15) is 0 Å². The zero-order valence-corrected chi connectivity index (χ0v) is 11.3. The lowest BCUT2D eigenvalue weighted by Crippen LogP contribution is -2.41. The maximum Gasteiger partial charge on any atom is 0.314 e. The number of carbonyl (C=O) groups is 2. The molecule has 0 radical (unpaired) electrons. The van der Waals surface area contributed by atoms with E-state index in [1.54, 1.807) is 0 Å². The van der Waals surface area contributed by atoms with Gasteiger partial charge in [0.25, 0.3) is 0 Å². The summed E-state index contributed by atoms with van der Waals surface area (Å²) < 4.78 is 0. The summed E-state index contributed by atoms with van der Waals surface area (Å²) in [5, 5.41) is 14.3. The van der Waals surface area contributed by atoms with Gasteiger partial charge in [-0.3, -0.25) is 4.79 Å². The number of carboxylic acid groups (broad SMARTS) is 1. The van der Waals surface area contributed by atoms with E-state index < -0.39 is 5.97 Å². The first kappa shape index (κ1) is 14.8. The summed E-state index contributed by atoms with van der Waals surface area (Å²) in [5.41, 5.74) is 0.336.